The molecule has 52 valence electrons. The molecule has 0 aliphatic carbocycles. The van der Waals surface area contributed by atoms with Crippen LogP contribution in [0.15, 0.2) is 22.7 Å². The quantitative estimate of drug-likeness (QED) is 0.623. The van der Waals surface area contributed by atoms with Crippen molar-refractivity contribution in [2.75, 3.05) is 6.61 Å². The van der Waals surface area contributed by atoms with Crippen molar-refractivity contribution < 1.29 is 4.74 Å². The molecule has 0 saturated heterocycles. The fourth-order valence-corrected chi connectivity index (χ4v) is 1.70. The highest BCUT2D eigenvalue weighted by atomic mass is 79.9. The molecule has 0 unspecified atom stereocenters. The lowest BCUT2D eigenvalue weighted by Crippen LogP contribution is -1.86. The van der Waals surface area contributed by atoms with Gasteiger partial charge in [-0.15, -0.1) is 0 Å². The Morgan fingerprint density at radius 2 is 2.30 bits per heavy atom. The number of fused-ring (bicyclic) bond motifs is 1. The van der Waals surface area contributed by atoms with Gasteiger partial charge in [-0.3, -0.25) is 0 Å². The molecule has 1 heterocycles. The van der Waals surface area contributed by atoms with Crippen LogP contribution < -0.4 is 4.74 Å². The Morgan fingerprint density at radius 1 is 1.40 bits per heavy atom. The highest BCUT2D eigenvalue weighted by Crippen LogP contribution is 2.32. The van der Waals surface area contributed by atoms with Crippen LogP contribution in [-0.4, -0.2) is 6.61 Å². The maximum absolute atomic E-state index is 5.38. The Balaban J connectivity index is 2.59. The Morgan fingerprint density at radius 3 is 3.10 bits per heavy atom. The lowest BCUT2D eigenvalue weighted by Gasteiger charge is -1.99. The molecule has 1 nitrogen and oxygen atoms in total. The zero-order valence-electron chi connectivity index (χ0n) is 5.43. The van der Waals surface area contributed by atoms with Gasteiger partial charge in [-0.05, 0) is 27.6 Å². The average Bonchev–Trinajstić information content (AvgIpc) is 2.36. The SMILES string of the molecule is Brc1cccc2c1OCC2. The Hall–Kier alpha value is -0.500. The molecule has 0 atom stereocenters. The molecule has 2 rings (SSSR count). The van der Waals surface area contributed by atoms with E-state index < -0.39 is 0 Å². The van der Waals surface area contributed by atoms with Crippen LogP contribution in [0.5, 0.6) is 5.75 Å². The third-order valence-electron chi connectivity index (χ3n) is 1.67. The number of rotatable bonds is 0. The zero-order valence-corrected chi connectivity index (χ0v) is 7.02. The Bertz CT molecular complexity index is 257. The van der Waals surface area contributed by atoms with Crippen LogP contribution in [0.4, 0.5) is 0 Å². The number of hydrogen-bond acceptors (Lipinski definition) is 1. The van der Waals surface area contributed by atoms with Crippen molar-refractivity contribution >= 4 is 15.9 Å². The first-order valence-electron chi connectivity index (χ1n) is 3.28. The monoisotopic (exact) mass is 198 g/mol. The average molecular weight is 199 g/mol. The molecule has 0 aromatic heterocycles. The molecule has 1 aromatic carbocycles. The van der Waals surface area contributed by atoms with E-state index in [2.05, 4.69) is 22.0 Å². The van der Waals surface area contributed by atoms with E-state index in [1.807, 2.05) is 12.1 Å². The van der Waals surface area contributed by atoms with E-state index in [4.69, 9.17) is 4.74 Å². The van der Waals surface area contributed by atoms with Crippen molar-refractivity contribution in [3.05, 3.63) is 28.2 Å². The van der Waals surface area contributed by atoms with E-state index in [1.165, 1.54) is 5.56 Å². The minimum absolute atomic E-state index is 0.831. The van der Waals surface area contributed by atoms with Gasteiger partial charge >= 0.3 is 0 Å². The number of benzene rings is 1. The van der Waals surface area contributed by atoms with Gasteiger partial charge in [0, 0.05) is 6.42 Å². The third-order valence-corrected chi connectivity index (χ3v) is 2.29. The smallest absolute Gasteiger partial charge is 0.136 e. The molecule has 10 heavy (non-hydrogen) atoms. The molecule has 0 saturated carbocycles. The molecule has 0 radical (unpaired) electrons. The first kappa shape index (κ1) is 6.23. The molecule has 2 heteroatoms. The summed E-state index contributed by atoms with van der Waals surface area (Å²) in [5.41, 5.74) is 1.31. The van der Waals surface area contributed by atoms with Gasteiger partial charge in [0.2, 0.25) is 0 Å². The van der Waals surface area contributed by atoms with Gasteiger partial charge in [0.1, 0.15) is 5.75 Å². The molecule has 0 fully saturated rings. The molecule has 0 bridgehead atoms. The highest BCUT2D eigenvalue weighted by Gasteiger charge is 2.13. The van der Waals surface area contributed by atoms with E-state index in [-0.39, 0.29) is 0 Å². The van der Waals surface area contributed by atoms with Crippen molar-refractivity contribution in [3.8, 4) is 5.75 Å². The number of halogens is 1. The highest BCUT2D eigenvalue weighted by molar-refractivity contribution is 9.10. The minimum Gasteiger partial charge on any atom is -0.492 e. The summed E-state index contributed by atoms with van der Waals surface area (Å²) in [7, 11) is 0. The molecular weight excluding hydrogens is 192 g/mol. The van der Waals surface area contributed by atoms with Crippen molar-refractivity contribution in [3.63, 3.8) is 0 Å². The summed E-state index contributed by atoms with van der Waals surface area (Å²) in [6.07, 6.45) is 1.05. The molecular formula is C8H7BrO. The lowest BCUT2D eigenvalue weighted by atomic mass is 10.2. The van der Waals surface area contributed by atoms with E-state index in [1.54, 1.807) is 0 Å². The van der Waals surface area contributed by atoms with Crippen LogP contribution in [0.3, 0.4) is 0 Å². The second-order valence-electron chi connectivity index (χ2n) is 2.33. The van der Waals surface area contributed by atoms with E-state index in [0.29, 0.717) is 0 Å². The number of para-hydroxylation sites is 1. The summed E-state index contributed by atoms with van der Waals surface area (Å²) in [5, 5.41) is 0. The van der Waals surface area contributed by atoms with Crippen LogP contribution in [0, 0.1) is 0 Å². The molecule has 1 aliphatic rings. The summed E-state index contributed by atoms with van der Waals surface area (Å²) in [5.74, 6) is 1.03. The van der Waals surface area contributed by atoms with E-state index >= 15 is 0 Å². The van der Waals surface area contributed by atoms with Gasteiger partial charge in [-0.2, -0.15) is 0 Å². The first-order chi connectivity index (χ1) is 4.88. The van der Waals surface area contributed by atoms with Crippen LogP contribution in [0.2, 0.25) is 0 Å². The van der Waals surface area contributed by atoms with Gasteiger partial charge in [-0.25, -0.2) is 0 Å². The maximum Gasteiger partial charge on any atom is 0.136 e. The summed E-state index contributed by atoms with van der Waals surface area (Å²) < 4.78 is 6.45. The fraction of sp³-hybridized carbons (Fsp3) is 0.250. The van der Waals surface area contributed by atoms with Crippen molar-refractivity contribution in [1.29, 1.82) is 0 Å². The van der Waals surface area contributed by atoms with E-state index in [0.717, 1.165) is 23.2 Å². The summed E-state index contributed by atoms with van der Waals surface area (Å²) in [4.78, 5) is 0. The van der Waals surface area contributed by atoms with Gasteiger partial charge in [0.15, 0.2) is 0 Å². The van der Waals surface area contributed by atoms with Crippen LogP contribution in [0.25, 0.3) is 0 Å². The standard InChI is InChI=1S/C8H7BrO/c9-7-3-1-2-6-4-5-10-8(6)7/h1-3H,4-5H2. The van der Waals surface area contributed by atoms with Crippen molar-refractivity contribution in [2.24, 2.45) is 0 Å². The normalized spacial score (nSPS) is 14.5. The Labute approximate surface area is 68.1 Å². The summed E-state index contributed by atoms with van der Waals surface area (Å²) >= 11 is 3.42. The topological polar surface area (TPSA) is 9.23 Å². The first-order valence-corrected chi connectivity index (χ1v) is 4.07. The van der Waals surface area contributed by atoms with Crippen LogP contribution in [-0.2, 0) is 6.42 Å². The van der Waals surface area contributed by atoms with Crippen LogP contribution >= 0.6 is 15.9 Å². The molecule has 1 aromatic rings. The summed E-state index contributed by atoms with van der Waals surface area (Å²) in [6.45, 7) is 0.831. The molecule has 0 N–H and O–H groups in total. The van der Waals surface area contributed by atoms with Gasteiger partial charge in [-0.1, -0.05) is 12.1 Å². The molecule has 0 spiro atoms. The fourth-order valence-electron chi connectivity index (χ4n) is 1.18. The van der Waals surface area contributed by atoms with Gasteiger partial charge < -0.3 is 4.74 Å². The van der Waals surface area contributed by atoms with Crippen LogP contribution in [0.1, 0.15) is 5.56 Å². The predicted octanol–water partition coefficient (Wildman–Crippen LogP) is 2.38. The second kappa shape index (κ2) is 2.27. The van der Waals surface area contributed by atoms with E-state index in [9.17, 15) is 0 Å². The number of hydrogen-bond donors (Lipinski definition) is 0. The third kappa shape index (κ3) is 0.833. The molecule has 0 amide bonds. The van der Waals surface area contributed by atoms with Gasteiger partial charge in [0.25, 0.3) is 0 Å². The number of ether oxygens (including phenoxy) is 1. The van der Waals surface area contributed by atoms with Gasteiger partial charge in [0.05, 0.1) is 11.1 Å². The minimum atomic E-state index is 0.831. The van der Waals surface area contributed by atoms with Crippen molar-refractivity contribution in [2.45, 2.75) is 6.42 Å². The zero-order chi connectivity index (χ0) is 6.97. The Kier molecular flexibility index (Phi) is 1.42. The largest absolute Gasteiger partial charge is 0.492 e. The predicted molar refractivity (Wildman–Crippen MR) is 43.3 cm³/mol. The maximum atomic E-state index is 5.38. The lowest BCUT2D eigenvalue weighted by molar-refractivity contribution is 0.355. The molecule has 1 aliphatic heterocycles. The second-order valence-corrected chi connectivity index (χ2v) is 3.18. The van der Waals surface area contributed by atoms with Crippen molar-refractivity contribution in [1.82, 2.24) is 0 Å². The summed E-state index contributed by atoms with van der Waals surface area (Å²) in [6, 6.07) is 6.15.